The lowest BCUT2D eigenvalue weighted by molar-refractivity contribution is 0.782. The first-order valence-electron chi connectivity index (χ1n) is 6.21. The molecule has 0 atom stereocenters. The Hall–Kier alpha value is -1.59. The van der Waals surface area contributed by atoms with Gasteiger partial charge < -0.3 is 5.73 Å². The molecule has 0 saturated heterocycles. The van der Waals surface area contributed by atoms with E-state index >= 15 is 0 Å². The Morgan fingerprint density at radius 2 is 2.10 bits per heavy atom. The van der Waals surface area contributed by atoms with E-state index in [2.05, 4.69) is 51.5 Å². The summed E-state index contributed by atoms with van der Waals surface area (Å²) in [5, 5.41) is 6.64. The first-order chi connectivity index (χ1) is 9.58. The van der Waals surface area contributed by atoms with Gasteiger partial charge in [0.1, 0.15) is 11.5 Å². The van der Waals surface area contributed by atoms with E-state index in [1.165, 1.54) is 5.56 Å². The number of aromatic nitrogens is 2. The van der Waals surface area contributed by atoms with E-state index < -0.39 is 0 Å². The highest BCUT2D eigenvalue weighted by atomic mass is 79.9. The van der Waals surface area contributed by atoms with E-state index in [-0.39, 0.29) is 0 Å². The van der Waals surface area contributed by atoms with Crippen molar-refractivity contribution >= 4 is 33.1 Å². The number of anilines is 1. The molecule has 102 valence electrons. The van der Waals surface area contributed by atoms with Crippen molar-refractivity contribution in [2.45, 2.75) is 6.92 Å². The van der Waals surface area contributed by atoms with Crippen LogP contribution in [0.25, 0.3) is 21.7 Å². The summed E-state index contributed by atoms with van der Waals surface area (Å²) in [6.07, 6.45) is 0. The Morgan fingerprint density at radius 3 is 2.75 bits per heavy atom. The smallest absolute Gasteiger partial charge is 0.130 e. The first-order valence-corrected chi connectivity index (χ1v) is 7.88. The molecule has 2 aromatic heterocycles. The SMILES string of the molecule is Cc1cc(-c2nn(C)c(N)c2-c2cccs2)ccc1Br. The molecular formula is C15H14BrN3S. The fraction of sp³-hybridized carbons (Fsp3) is 0.133. The van der Waals surface area contributed by atoms with Gasteiger partial charge in [0.15, 0.2) is 0 Å². The third kappa shape index (κ3) is 2.17. The van der Waals surface area contributed by atoms with Crippen LogP contribution < -0.4 is 5.73 Å². The summed E-state index contributed by atoms with van der Waals surface area (Å²) in [5.41, 5.74) is 10.4. The number of nitrogens with zero attached hydrogens (tertiary/aromatic N) is 2. The zero-order valence-corrected chi connectivity index (χ0v) is 13.6. The number of rotatable bonds is 2. The van der Waals surface area contributed by atoms with Gasteiger partial charge in [-0.05, 0) is 36.1 Å². The summed E-state index contributed by atoms with van der Waals surface area (Å²) >= 11 is 5.21. The van der Waals surface area contributed by atoms with Crippen LogP contribution in [-0.2, 0) is 7.05 Å². The normalized spacial score (nSPS) is 10.9. The Bertz CT molecular complexity index is 760. The van der Waals surface area contributed by atoms with Crippen LogP contribution in [0, 0.1) is 6.92 Å². The number of halogens is 1. The van der Waals surface area contributed by atoms with E-state index in [9.17, 15) is 0 Å². The number of hydrogen-bond acceptors (Lipinski definition) is 3. The van der Waals surface area contributed by atoms with Gasteiger partial charge in [-0.1, -0.05) is 28.1 Å². The van der Waals surface area contributed by atoms with Gasteiger partial charge in [0, 0.05) is 22.0 Å². The molecule has 0 fully saturated rings. The molecule has 0 saturated carbocycles. The molecule has 0 aliphatic heterocycles. The summed E-state index contributed by atoms with van der Waals surface area (Å²) in [6.45, 7) is 2.07. The lowest BCUT2D eigenvalue weighted by Crippen LogP contribution is -1.97. The standard InChI is InChI=1S/C15H14BrN3S/c1-9-8-10(5-6-11(9)16)14-13(12-4-3-7-20-12)15(17)19(2)18-14/h3-8H,17H2,1-2H3. The van der Waals surface area contributed by atoms with E-state index in [0.717, 1.165) is 26.2 Å². The van der Waals surface area contributed by atoms with Crippen LogP contribution in [0.2, 0.25) is 0 Å². The predicted octanol–water partition coefficient (Wildman–Crippen LogP) is 4.47. The predicted molar refractivity (Wildman–Crippen MR) is 88.8 cm³/mol. The van der Waals surface area contributed by atoms with Crippen molar-refractivity contribution in [1.29, 1.82) is 0 Å². The van der Waals surface area contributed by atoms with Gasteiger partial charge in [-0.2, -0.15) is 5.10 Å². The van der Waals surface area contributed by atoms with Crippen LogP contribution in [0.4, 0.5) is 5.82 Å². The van der Waals surface area contributed by atoms with Gasteiger partial charge >= 0.3 is 0 Å². The fourth-order valence-corrected chi connectivity index (χ4v) is 3.22. The van der Waals surface area contributed by atoms with Crippen molar-refractivity contribution in [1.82, 2.24) is 9.78 Å². The molecule has 3 nitrogen and oxygen atoms in total. The largest absolute Gasteiger partial charge is 0.383 e. The Labute approximate surface area is 130 Å². The molecule has 0 spiro atoms. The molecular weight excluding hydrogens is 334 g/mol. The van der Waals surface area contributed by atoms with Crippen molar-refractivity contribution in [3.05, 3.63) is 45.7 Å². The summed E-state index contributed by atoms with van der Waals surface area (Å²) in [6, 6.07) is 10.4. The molecule has 1 aromatic carbocycles. The molecule has 3 rings (SSSR count). The second-order valence-corrected chi connectivity index (χ2v) is 6.48. The van der Waals surface area contributed by atoms with Crippen LogP contribution in [-0.4, -0.2) is 9.78 Å². The lowest BCUT2D eigenvalue weighted by atomic mass is 10.0. The molecule has 0 aliphatic carbocycles. The van der Waals surface area contributed by atoms with Crippen LogP contribution in [0.5, 0.6) is 0 Å². The van der Waals surface area contributed by atoms with Crippen molar-refractivity contribution in [3.63, 3.8) is 0 Å². The second kappa shape index (κ2) is 5.07. The average Bonchev–Trinajstić information content (AvgIpc) is 3.03. The fourth-order valence-electron chi connectivity index (χ4n) is 2.19. The maximum absolute atomic E-state index is 6.20. The number of aryl methyl sites for hydroxylation is 2. The summed E-state index contributed by atoms with van der Waals surface area (Å²) < 4.78 is 2.84. The average molecular weight is 348 g/mol. The molecule has 5 heteroatoms. The third-order valence-electron chi connectivity index (χ3n) is 3.29. The first kappa shape index (κ1) is 13.4. The molecule has 0 radical (unpaired) electrons. The Morgan fingerprint density at radius 1 is 1.30 bits per heavy atom. The van der Waals surface area contributed by atoms with Crippen molar-refractivity contribution < 1.29 is 0 Å². The maximum atomic E-state index is 6.20. The molecule has 0 aliphatic rings. The number of hydrogen-bond donors (Lipinski definition) is 1. The van der Waals surface area contributed by atoms with Gasteiger partial charge in [0.2, 0.25) is 0 Å². The van der Waals surface area contributed by atoms with Crippen LogP contribution in [0.15, 0.2) is 40.2 Å². The molecule has 0 bridgehead atoms. The molecule has 2 N–H and O–H groups in total. The molecule has 3 aromatic rings. The Kier molecular flexibility index (Phi) is 3.40. The van der Waals surface area contributed by atoms with Crippen molar-refractivity contribution in [2.75, 3.05) is 5.73 Å². The zero-order valence-electron chi connectivity index (χ0n) is 11.2. The quantitative estimate of drug-likeness (QED) is 0.743. The van der Waals surface area contributed by atoms with Crippen LogP contribution in [0.1, 0.15) is 5.56 Å². The molecule has 0 amide bonds. The van der Waals surface area contributed by atoms with Crippen LogP contribution >= 0.6 is 27.3 Å². The summed E-state index contributed by atoms with van der Waals surface area (Å²) in [5.74, 6) is 0.697. The van der Waals surface area contributed by atoms with Gasteiger partial charge in [-0.3, -0.25) is 4.68 Å². The summed E-state index contributed by atoms with van der Waals surface area (Å²) in [4.78, 5) is 1.14. The van der Waals surface area contributed by atoms with Crippen LogP contribution in [0.3, 0.4) is 0 Å². The molecule has 20 heavy (non-hydrogen) atoms. The highest BCUT2D eigenvalue weighted by Gasteiger charge is 2.18. The topological polar surface area (TPSA) is 43.8 Å². The minimum Gasteiger partial charge on any atom is -0.383 e. The Balaban J connectivity index is 2.24. The highest BCUT2D eigenvalue weighted by molar-refractivity contribution is 9.10. The van der Waals surface area contributed by atoms with E-state index in [0.29, 0.717) is 5.82 Å². The van der Waals surface area contributed by atoms with E-state index in [1.807, 2.05) is 19.2 Å². The van der Waals surface area contributed by atoms with Gasteiger partial charge in [-0.25, -0.2) is 0 Å². The molecule has 0 unspecified atom stereocenters. The van der Waals surface area contributed by atoms with Crippen molar-refractivity contribution in [2.24, 2.45) is 7.05 Å². The van der Waals surface area contributed by atoms with E-state index in [4.69, 9.17) is 5.73 Å². The third-order valence-corrected chi connectivity index (χ3v) is 5.07. The number of benzene rings is 1. The molecule has 2 heterocycles. The lowest BCUT2D eigenvalue weighted by Gasteiger charge is -2.04. The second-order valence-electron chi connectivity index (χ2n) is 4.67. The van der Waals surface area contributed by atoms with Gasteiger partial charge in [-0.15, -0.1) is 11.3 Å². The monoisotopic (exact) mass is 347 g/mol. The zero-order chi connectivity index (χ0) is 14.3. The highest BCUT2D eigenvalue weighted by Crippen LogP contribution is 2.38. The van der Waals surface area contributed by atoms with Gasteiger partial charge in [0.05, 0.1) is 5.56 Å². The van der Waals surface area contributed by atoms with Crippen molar-refractivity contribution in [3.8, 4) is 21.7 Å². The van der Waals surface area contributed by atoms with E-state index in [1.54, 1.807) is 16.0 Å². The minimum atomic E-state index is 0.697. The minimum absolute atomic E-state index is 0.697. The maximum Gasteiger partial charge on any atom is 0.130 e. The number of nitrogens with two attached hydrogens (primary N) is 1. The van der Waals surface area contributed by atoms with Gasteiger partial charge in [0.25, 0.3) is 0 Å². The number of nitrogen functional groups attached to an aromatic ring is 1. The number of thiophene rings is 1. The summed E-state index contributed by atoms with van der Waals surface area (Å²) in [7, 11) is 1.88.